The van der Waals surface area contributed by atoms with Crippen molar-refractivity contribution in [2.24, 2.45) is 0 Å². The highest BCUT2D eigenvalue weighted by Crippen LogP contribution is 2.22. The molecule has 0 radical (unpaired) electrons. The Bertz CT molecular complexity index is 574. The summed E-state index contributed by atoms with van der Waals surface area (Å²) in [6, 6.07) is 12.1. The van der Waals surface area contributed by atoms with E-state index in [0.717, 1.165) is 11.1 Å². The van der Waals surface area contributed by atoms with Crippen molar-refractivity contribution in [3.05, 3.63) is 69.2 Å². The van der Waals surface area contributed by atoms with Gasteiger partial charge < -0.3 is 5.11 Å². The lowest BCUT2D eigenvalue weighted by Gasteiger charge is -2.07. The largest absolute Gasteiger partial charge is 0.478 e. The molecule has 0 bridgehead atoms. The minimum absolute atomic E-state index is 0.300. The number of halogens is 2. The van der Waals surface area contributed by atoms with E-state index in [4.69, 9.17) is 28.3 Å². The van der Waals surface area contributed by atoms with Crippen LogP contribution in [-0.4, -0.2) is 11.1 Å². The fourth-order valence-electron chi connectivity index (χ4n) is 1.82. The number of hydrogen-bond donors (Lipinski definition) is 1. The minimum Gasteiger partial charge on any atom is -0.478 e. The van der Waals surface area contributed by atoms with Crippen LogP contribution in [0.2, 0.25) is 10.0 Å². The van der Waals surface area contributed by atoms with Gasteiger partial charge in [0.15, 0.2) is 0 Å². The predicted molar refractivity (Wildman–Crippen MR) is 72.7 cm³/mol. The molecule has 1 N–H and O–H groups in total. The van der Waals surface area contributed by atoms with Crippen LogP contribution in [0.25, 0.3) is 0 Å². The summed E-state index contributed by atoms with van der Waals surface area (Å²) in [4.78, 5) is 11.1. The molecule has 4 heteroatoms. The molecular formula is C14H10Cl2O2. The Morgan fingerprint density at radius 2 is 1.67 bits per heavy atom. The first kappa shape index (κ1) is 12.9. The van der Waals surface area contributed by atoms with Gasteiger partial charge in [-0.2, -0.15) is 0 Å². The first-order valence-electron chi connectivity index (χ1n) is 5.32. The van der Waals surface area contributed by atoms with E-state index in [1.54, 1.807) is 36.4 Å². The molecule has 92 valence electrons. The molecule has 0 amide bonds. The van der Waals surface area contributed by atoms with Crippen LogP contribution in [0.4, 0.5) is 0 Å². The summed E-state index contributed by atoms with van der Waals surface area (Å²) in [6.45, 7) is 0. The van der Waals surface area contributed by atoms with Gasteiger partial charge in [-0.25, -0.2) is 4.79 Å². The molecule has 0 heterocycles. The zero-order chi connectivity index (χ0) is 13.1. The van der Waals surface area contributed by atoms with E-state index in [-0.39, 0.29) is 0 Å². The molecule has 0 aliphatic heterocycles. The lowest BCUT2D eigenvalue weighted by molar-refractivity contribution is 0.0696. The van der Waals surface area contributed by atoms with Crippen molar-refractivity contribution >= 4 is 29.2 Å². The Balaban J connectivity index is 2.37. The van der Waals surface area contributed by atoms with Gasteiger partial charge in [-0.1, -0.05) is 41.4 Å². The maximum atomic E-state index is 11.1. The fourth-order valence-corrected chi connectivity index (χ4v) is 2.39. The van der Waals surface area contributed by atoms with E-state index in [9.17, 15) is 4.79 Å². The molecule has 0 spiro atoms. The summed E-state index contributed by atoms with van der Waals surface area (Å²) in [6.07, 6.45) is 0.489. The minimum atomic E-state index is -0.932. The summed E-state index contributed by atoms with van der Waals surface area (Å²) >= 11 is 11.8. The summed E-state index contributed by atoms with van der Waals surface area (Å²) in [7, 11) is 0. The average molecular weight is 281 g/mol. The molecule has 18 heavy (non-hydrogen) atoms. The van der Waals surface area contributed by atoms with Crippen LogP contribution in [0.1, 0.15) is 21.5 Å². The molecule has 0 atom stereocenters. The molecule has 0 aromatic heterocycles. The third-order valence-electron chi connectivity index (χ3n) is 2.56. The smallest absolute Gasteiger partial charge is 0.335 e. The van der Waals surface area contributed by atoms with Gasteiger partial charge in [0.25, 0.3) is 0 Å². The Morgan fingerprint density at radius 3 is 2.28 bits per heavy atom. The van der Waals surface area contributed by atoms with E-state index in [1.807, 2.05) is 6.07 Å². The van der Waals surface area contributed by atoms with Gasteiger partial charge in [-0.3, -0.25) is 0 Å². The van der Waals surface area contributed by atoms with Crippen molar-refractivity contribution < 1.29 is 9.90 Å². The van der Waals surface area contributed by atoms with Crippen LogP contribution < -0.4 is 0 Å². The SMILES string of the molecule is O=C(O)c1ccccc1Cc1cc(Cl)cc(Cl)c1. The van der Waals surface area contributed by atoms with Gasteiger partial charge in [0.05, 0.1) is 5.56 Å². The second-order valence-corrected chi connectivity index (χ2v) is 4.79. The first-order valence-corrected chi connectivity index (χ1v) is 6.08. The number of aromatic carboxylic acids is 1. The molecular weight excluding hydrogens is 271 g/mol. The van der Waals surface area contributed by atoms with E-state index in [1.165, 1.54) is 0 Å². The fraction of sp³-hybridized carbons (Fsp3) is 0.0714. The standard InChI is InChI=1S/C14H10Cl2O2/c15-11-6-9(7-12(16)8-11)5-10-3-1-2-4-13(10)14(17)18/h1-4,6-8H,5H2,(H,17,18). The number of rotatable bonds is 3. The quantitative estimate of drug-likeness (QED) is 0.911. The van der Waals surface area contributed by atoms with E-state index < -0.39 is 5.97 Å². The molecule has 0 unspecified atom stereocenters. The average Bonchev–Trinajstić information content (AvgIpc) is 2.27. The summed E-state index contributed by atoms with van der Waals surface area (Å²) < 4.78 is 0. The summed E-state index contributed by atoms with van der Waals surface area (Å²) in [5.41, 5.74) is 1.93. The van der Waals surface area contributed by atoms with Gasteiger partial charge in [-0.15, -0.1) is 0 Å². The number of hydrogen-bond acceptors (Lipinski definition) is 1. The summed E-state index contributed by atoms with van der Waals surface area (Å²) in [5.74, 6) is -0.932. The van der Waals surface area contributed by atoms with Gasteiger partial charge in [0.1, 0.15) is 0 Å². The van der Waals surface area contributed by atoms with Crippen LogP contribution in [0.3, 0.4) is 0 Å². The van der Waals surface area contributed by atoms with Gasteiger partial charge in [0.2, 0.25) is 0 Å². The van der Waals surface area contributed by atoms with E-state index in [0.29, 0.717) is 22.0 Å². The van der Waals surface area contributed by atoms with Crippen molar-refractivity contribution in [1.82, 2.24) is 0 Å². The molecule has 0 saturated carbocycles. The zero-order valence-electron chi connectivity index (χ0n) is 9.36. The number of carboxylic acid groups (broad SMARTS) is 1. The van der Waals surface area contributed by atoms with Crippen LogP contribution >= 0.6 is 23.2 Å². The molecule has 2 rings (SSSR count). The normalized spacial score (nSPS) is 10.3. The second-order valence-electron chi connectivity index (χ2n) is 3.92. The lowest BCUT2D eigenvalue weighted by atomic mass is 10.00. The van der Waals surface area contributed by atoms with Crippen molar-refractivity contribution in [1.29, 1.82) is 0 Å². The van der Waals surface area contributed by atoms with E-state index >= 15 is 0 Å². The molecule has 0 saturated heterocycles. The highest BCUT2D eigenvalue weighted by Gasteiger charge is 2.09. The predicted octanol–water partition coefficient (Wildman–Crippen LogP) is 4.28. The van der Waals surface area contributed by atoms with Crippen molar-refractivity contribution in [3.63, 3.8) is 0 Å². The van der Waals surface area contributed by atoms with Gasteiger partial charge >= 0.3 is 5.97 Å². The Kier molecular flexibility index (Phi) is 3.90. The summed E-state index contributed by atoms with van der Waals surface area (Å²) in [5, 5.41) is 10.2. The second kappa shape index (κ2) is 5.42. The van der Waals surface area contributed by atoms with Crippen LogP contribution in [0.15, 0.2) is 42.5 Å². The van der Waals surface area contributed by atoms with Crippen molar-refractivity contribution in [3.8, 4) is 0 Å². The van der Waals surface area contributed by atoms with Gasteiger partial charge in [0, 0.05) is 10.0 Å². The van der Waals surface area contributed by atoms with Crippen LogP contribution in [-0.2, 0) is 6.42 Å². The van der Waals surface area contributed by atoms with Crippen LogP contribution in [0, 0.1) is 0 Å². The molecule has 2 aromatic carbocycles. The zero-order valence-corrected chi connectivity index (χ0v) is 10.9. The lowest BCUT2D eigenvalue weighted by Crippen LogP contribution is -2.02. The monoisotopic (exact) mass is 280 g/mol. The molecule has 2 nitrogen and oxygen atoms in total. The molecule has 0 fully saturated rings. The van der Waals surface area contributed by atoms with Crippen molar-refractivity contribution in [2.45, 2.75) is 6.42 Å². The number of carboxylic acids is 1. The topological polar surface area (TPSA) is 37.3 Å². The Morgan fingerprint density at radius 1 is 1.06 bits per heavy atom. The van der Waals surface area contributed by atoms with Gasteiger partial charge in [-0.05, 0) is 41.8 Å². The highest BCUT2D eigenvalue weighted by atomic mass is 35.5. The number of carbonyl (C=O) groups is 1. The first-order chi connectivity index (χ1) is 8.56. The van der Waals surface area contributed by atoms with E-state index in [2.05, 4.69) is 0 Å². The highest BCUT2D eigenvalue weighted by molar-refractivity contribution is 6.34. The van der Waals surface area contributed by atoms with Crippen molar-refractivity contribution in [2.75, 3.05) is 0 Å². The maximum Gasteiger partial charge on any atom is 0.335 e. The maximum absolute atomic E-state index is 11.1. The third kappa shape index (κ3) is 3.03. The Labute approximate surface area is 115 Å². The third-order valence-corrected chi connectivity index (χ3v) is 3.00. The van der Waals surface area contributed by atoms with Crippen LogP contribution in [0.5, 0.6) is 0 Å². The molecule has 0 aliphatic rings. The molecule has 2 aromatic rings. The number of benzene rings is 2. The molecule has 0 aliphatic carbocycles. The Hall–Kier alpha value is -1.51.